The van der Waals surface area contributed by atoms with E-state index in [1.807, 2.05) is 18.2 Å². The largest absolute Gasteiger partial charge is 0.373 e. The lowest BCUT2D eigenvalue weighted by Gasteiger charge is -2.30. The van der Waals surface area contributed by atoms with Crippen LogP contribution in [0.25, 0.3) is 0 Å². The van der Waals surface area contributed by atoms with E-state index >= 15 is 0 Å². The monoisotopic (exact) mass is 319 g/mol. The molecule has 1 fully saturated rings. The molecule has 3 rings (SSSR count). The molecule has 0 bridgehead atoms. The van der Waals surface area contributed by atoms with E-state index < -0.39 is 0 Å². The molecular weight excluding hydrogens is 306 g/mol. The van der Waals surface area contributed by atoms with Gasteiger partial charge in [-0.2, -0.15) is 9.64 Å². The Morgan fingerprint density at radius 1 is 1.38 bits per heavy atom. The normalized spacial score (nSPS) is 21.7. The van der Waals surface area contributed by atoms with Gasteiger partial charge in [-0.1, -0.05) is 41.9 Å². The van der Waals surface area contributed by atoms with Gasteiger partial charge in [0.1, 0.15) is 16.6 Å². The molecule has 0 amide bonds. The lowest BCUT2D eigenvalue weighted by molar-refractivity contribution is 0.00984. The van der Waals surface area contributed by atoms with E-state index in [0.717, 1.165) is 17.8 Å². The Morgan fingerprint density at radius 2 is 2.19 bits per heavy atom. The van der Waals surface area contributed by atoms with Crippen LogP contribution in [0.3, 0.4) is 0 Å². The number of aromatic nitrogens is 1. The molecule has 1 aromatic heterocycles. The molecule has 1 aromatic carbocycles. The van der Waals surface area contributed by atoms with Crippen molar-refractivity contribution in [1.82, 2.24) is 4.37 Å². The van der Waals surface area contributed by atoms with Crippen molar-refractivity contribution in [3.63, 3.8) is 0 Å². The molecule has 6 heteroatoms. The first-order valence-corrected chi connectivity index (χ1v) is 7.91. The molecule has 108 valence electrons. The summed E-state index contributed by atoms with van der Waals surface area (Å²) >= 11 is 7.13. The number of nitriles is 1. The Hall–Kier alpha value is -1.61. The van der Waals surface area contributed by atoms with Crippen LogP contribution < -0.4 is 5.32 Å². The smallest absolute Gasteiger partial charge is 0.162 e. The molecule has 1 saturated heterocycles. The van der Waals surface area contributed by atoms with Crippen molar-refractivity contribution in [3.05, 3.63) is 46.6 Å². The number of benzene rings is 1. The van der Waals surface area contributed by atoms with Gasteiger partial charge in [0.15, 0.2) is 5.15 Å². The van der Waals surface area contributed by atoms with Crippen molar-refractivity contribution in [3.8, 4) is 6.07 Å². The lowest BCUT2D eigenvalue weighted by atomic mass is 9.97. The quantitative estimate of drug-likeness (QED) is 0.929. The van der Waals surface area contributed by atoms with E-state index in [9.17, 15) is 0 Å². The molecule has 0 spiro atoms. The van der Waals surface area contributed by atoms with Gasteiger partial charge in [-0.3, -0.25) is 0 Å². The summed E-state index contributed by atoms with van der Waals surface area (Å²) in [6.45, 7) is 0.700. The number of ether oxygens (including phenoxy) is 1. The average Bonchev–Trinajstić information content (AvgIpc) is 2.88. The zero-order valence-electron chi connectivity index (χ0n) is 11.3. The highest BCUT2D eigenvalue weighted by Gasteiger charge is 2.25. The van der Waals surface area contributed by atoms with E-state index in [4.69, 9.17) is 21.6 Å². The second-order valence-corrected chi connectivity index (χ2v) is 6.06. The SMILES string of the molecule is N#Cc1c(Cl)nsc1NC1CCOC(c2ccccc2)C1. The number of hydrogen-bond donors (Lipinski definition) is 1. The summed E-state index contributed by atoms with van der Waals surface area (Å²) in [5.41, 5.74) is 1.62. The minimum Gasteiger partial charge on any atom is -0.373 e. The number of rotatable bonds is 3. The van der Waals surface area contributed by atoms with Crippen LogP contribution in [0.1, 0.15) is 30.1 Å². The summed E-state index contributed by atoms with van der Waals surface area (Å²) in [6, 6.07) is 12.6. The maximum atomic E-state index is 9.12. The van der Waals surface area contributed by atoms with Crippen molar-refractivity contribution in [2.75, 3.05) is 11.9 Å². The Labute approximate surface area is 132 Å². The van der Waals surface area contributed by atoms with E-state index in [1.54, 1.807) is 0 Å². The lowest BCUT2D eigenvalue weighted by Crippen LogP contribution is -2.30. The molecular formula is C15H14ClN3OS. The summed E-state index contributed by atoms with van der Waals surface area (Å²) in [5.74, 6) is 0. The predicted octanol–water partition coefficient (Wildman–Crippen LogP) is 4.00. The molecule has 1 aliphatic rings. The van der Waals surface area contributed by atoms with Gasteiger partial charge in [0.25, 0.3) is 0 Å². The number of halogens is 1. The van der Waals surface area contributed by atoms with Crippen LogP contribution in [0.15, 0.2) is 30.3 Å². The maximum absolute atomic E-state index is 9.12. The third kappa shape index (κ3) is 3.18. The van der Waals surface area contributed by atoms with Crippen LogP contribution >= 0.6 is 23.1 Å². The summed E-state index contributed by atoms with van der Waals surface area (Å²) in [6.07, 6.45) is 1.86. The van der Waals surface area contributed by atoms with Crippen molar-refractivity contribution in [1.29, 1.82) is 5.26 Å². The van der Waals surface area contributed by atoms with Crippen LogP contribution in [0.4, 0.5) is 5.00 Å². The van der Waals surface area contributed by atoms with Gasteiger partial charge in [0.2, 0.25) is 0 Å². The Morgan fingerprint density at radius 3 is 2.95 bits per heavy atom. The summed E-state index contributed by atoms with van der Waals surface area (Å²) in [4.78, 5) is 0. The standard InChI is InChI=1S/C15H14ClN3OS/c16-14-12(9-17)15(21-19-14)18-11-6-7-20-13(8-11)10-4-2-1-3-5-10/h1-5,11,13,18H,6-8H2. The van der Waals surface area contributed by atoms with Gasteiger partial charge in [0, 0.05) is 12.6 Å². The van der Waals surface area contributed by atoms with Gasteiger partial charge < -0.3 is 10.1 Å². The highest BCUT2D eigenvalue weighted by Crippen LogP contribution is 2.33. The molecule has 2 atom stereocenters. The van der Waals surface area contributed by atoms with Crippen molar-refractivity contribution < 1.29 is 4.74 Å². The fourth-order valence-electron chi connectivity index (χ4n) is 2.48. The number of hydrogen-bond acceptors (Lipinski definition) is 5. The highest BCUT2D eigenvalue weighted by molar-refractivity contribution is 7.10. The zero-order valence-corrected chi connectivity index (χ0v) is 12.8. The van der Waals surface area contributed by atoms with Crippen molar-refractivity contribution >= 4 is 28.1 Å². The molecule has 21 heavy (non-hydrogen) atoms. The fourth-order valence-corrected chi connectivity index (χ4v) is 3.49. The maximum Gasteiger partial charge on any atom is 0.162 e. The topological polar surface area (TPSA) is 57.9 Å². The molecule has 2 aromatic rings. The summed E-state index contributed by atoms with van der Waals surface area (Å²) in [7, 11) is 0. The number of nitrogens with one attached hydrogen (secondary N) is 1. The third-order valence-electron chi connectivity index (χ3n) is 3.55. The van der Waals surface area contributed by atoms with E-state index in [2.05, 4.69) is 27.9 Å². The molecule has 0 radical (unpaired) electrons. The van der Waals surface area contributed by atoms with Crippen molar-refractivity contribution in [2.24, 2.45) is 0 Å². The molecule has 1 N–H and O–H groups in total. The van der Waals surface area contributed by atoms with Crippen LogP contribution in [0.5, 0.6) is 0 Å². The van der Waals surface area contributed by atoms with E-state index in [-0.39, 0.29) is 17.3 Å². The third-order valence-corrected chi connectivity index (χ3v) is 4.70. The highest BCUT2D eigenvalue weighted by atomic mass is 35.5. The Kier molecular flexibility index (Phi) is 4.39. The van der Waals surface area contributed by atoms with Gasteiger partial charge >= 0.3 is 0 Å². The average molecular weight is 320 g/mol. The predicted molar refractivity (Wildman–Crippen MR) is 83.6 cm³/mol. The Bertz CT molecular complexity index is 653. The summed E-state index contributed by atoms with van der Waals surface area (Å²) < 4.78 is 9.87. The second-order valence-electron chi connectivity index (χ2n) is 4.93. The van der Waals surface area contributed by atoms with E-state index in [0.29, 0.717) is 12.2 Å². The van der Waals surface area contributed by atoms with Gasteiger partial charge in [-0.15, -0.1) is 0 Å². The minimum atomic E-state index is 0.0892. The van der Waals surface area contributed by atoms with Gasteiger partial charge in [-0.25, -0.2) is 0 Å². The first-order chi connectivity index (χ1) is 10.3. The molecule has 1 aliphatic heterocycles. The molecule has 2 heterocycles. The Balaban J connectivity index is 1.71. The summed E-state index contributed by atoms with van der Waals surface area (Å²) in [5, 5.41) is 13.5. The van der Waals surface area contributed by atoms with Gasteiger partial charge in [-0.05, 0) is 29.9 Å². The molecule has 0 aliphatic carbocycles. The first kappa shape index (κ1) is 14.3. The number of nitrogens with zero attached hydrogens (tertiary/aromatic N) is 2. The minimum absolute atomic E-state index is 0.0892. The fraction of sp³-hybridized carbons (Fsp3) is 0.333. The molecule has 4 nitrogen and oxygen atoms in total. The van der Waals surface area contributed by atoms with E-state index in [1.165, 1.54) is 17.1 Å². The zero-order chi connectivity index (χ0) is 14.7. The molecule has 2 unspecified atom stereocenters. The first-order valence-electron chi connectivity index (χ1n) is 6.76. The van der Waals surface area contributed by atoms with Crippen LogP contribution in [0.2, 0.25) is 5.15 Å². The van der Waals surface area contributed by atoms with Crippen LogP contribution in [-0.4, -0.2) is 17.0 Å². The van der Waals surface area contributed by atoms with Gasteiger partial charge in [0.05, 0.1) is 6.10 Å². The van der Waals surface area contributed by atoms with Crippen LogP contribution in [0, 0.1) is 11.3 Å². The van der Waals surface area contributed by atoms with Crippen LogP contribution in [-0.2, 0) is 4.74 Å². The second kappa shape index (κ2) is 6.44. The van der Waals surface area contributed by atoms with Crippen molar-refractivity contribution in [2.45, 2.75) is 25.0 Å². The molecule has 0 saturated carbocycles. The number of anilines is 1.